The summed E-state index contributed by atoms with van der Waals surface area (Å²) in [5, 5.41) is 0. The summed E-state index contributed by atoms with van der Waals surface area (Å²) >= 11 is 0. The summed E-state index contributed by atoms with van der Waals surface area (Å²) in [6, 6.07) is 16.1. The first-order chi connectivity index (χ1) is 21.8. The Morgan fingerprint density at radius 3 is 2.41 bits per heavy atom. The molecule has 0 bridgehead atoms. The van der Waals surface area contributed by atoms with E-state index in [-0.39, 0.29) is 30.6 Å². The van der Waals surface area contributed by atoms with Crippen molar-refractivity contribution >= 4 is 12.0 Å². The van der Waals surface area contributed by atoms with Crippen molar-refractivity contribution in [1.29, 1.82) is 0 Å². The number of hydrogen-bond donors (Lipinski definition) is 1. The molecule has 1 aliphatic heterocycles. The standard InChI is InChI=1S/C34H36F3N5O4/c1-20-17-23(18-27(39-20)30(36)37)28-29(22-7-9-24(35)10-8-22)40-32(38)41-31(28)44-16-14-21-5-11-25(12-6-21)45-26-13-15-42(19-26)33(43)46-34(2,3)4/h5-12,17-18,26,30H,13-16,19H2,1-4H3,(H2,38,40,41)/t26-/m0/s1. The Hall–Kier alpha value is -4.87. The predicted molar refractivity (Wildman–Crippen MR) is 167 cm³/mol. The Bertz CT molecular complexity index is 1680. The van der Waals surface area contributed by atoms with Gasteiger partial charge in [-0.1, -0.05) is 12.1 Å². The number of anilines is 1. The normalized spacial score (nSPS) is 14.9. The molecule has 1 aliphatic rings. The number of nitrogens with two attached hydrogens (primary N) is 1. The number of hydrogen-bond acceptors (Lipinski definition) is 8. The van der Waals surface area contributed by atoms with Crippen molar-refractivity contribution in [2.75, 3.05) is 25.4 Å². The summed E-state index contributed by atoms with van der Waals surface area (Å²) in [7, 11) is 0. The van der Waals surface area contributed by atoms with E-state index in [9.17, 15) is 18.0 Å². The molecule has 2 aromatic heterocycles. The van der Waals surface area contributed by atoms with E-state index >= 15 is 0 Å². The molecule has 0 radical (unpaired) electrons. The third kappa shape index (κ3) is 8.23. The van der Waals surface area contributed by atoms with Gasteiger partial charge in [0.25, 0.3) is 6.43 Å². The third-order valence-electron chi connectivity index (χ3n) is 7.15. The minimum absolute atomic E-state index is 0.0865. The molecule has 9 nitrogen and oxygen atoms in total. The number of alkyl halides is 2. The van der Waals surface area contributed by atoms with Gasteiger partial charge in [-0.3, -0.25) is 4.98 Å². The van der Waals surface area contributed by atoms with E-state index in [2.05, 4.69) is 15.0 Å². The lowest BCUT2D eigenvalue weighted by Crippen LogP contribution is -2.36. The fraction of sp³-hybridized carbons (Fsp3) is 0.353. The molecule has 1 atom stereocenters. The average Bonchev–Trinajstić information content (AvgIpc) is 3.46. The number of rotatable bonds is 9. The zero-order valence-corrected chi connectivity index (χ0v) is 26.1. The first-order valence-corrected chi connectivity index (χ1v) is 14.9. The maximum Gasteiger partial charge on any atom is 0.410 e. The molecular weight excluding hydrogens is 599 g/mol. The number of benzene rings is 2. The first-order valence-electron chi connectivity index (χ1n) is 14.9. The average molecular weight is 636 g/mol. The van der Waals surface area contributed by atoms with Crippen LogP contribution in [0.25, 0.3) is 22.4 Å². The molecule has 5 rings (SSSR count). The molecule has 0 spiro atoms. The quantitative estimate of drug-likeness (QED) is 0.206. The maximum atomic E-state index is 13.7. The van der Waals surface area contributed by atoms with Gasteiger partial charge in [-0.2, -0.15) is 4.98 Å². The van der Waals surface area contributed by atoms with Gasteiger partial charge in [0.2, 0.25) is 11.8 Å². The summed E-state index contributed by atoms with van der Waals surface area (Å²) in [5.74, 6) is 0.259. The molecule has 0 unspecified atom stereocenters. The van der Waals surface area contributed by atoms with Crippen molar-refractivity contribution in [3.05, 3.63) is 83.4 Å². The highest BCUT2D eigenvalue weighted by atomic mass is 19.3. The molecule has 3 heterocycles. The summed E-state index contributed by atoms with van der Waals surface area (Å²) in [6.07, 6.45) is -2.09. The number of carbonyl (C=O) groups excluding carboxylic acids is 1. The van der Waals surface area contributed by atoms with Gasteiger partial charge in [0.15, 0.2) is 0 Å². The number of nitrogens with zero attached hydrogens (tertiary/aromatic N) is 4. The highest BCUT2D eigenvalue weighted by Crippen LogP contribution is 2.39. The number of ether oxygens (including phenoxy) is 3. The number of aryl methyl sites for hydroxylation is 1. The number of halogens is 3. The van der Waals surface area contributed by atoms with E-state index in [1.54, 1.807) is 17.9 Å². The second-order valence-electron chi connectivity index (χ2n) is 12.0. The van der Waals surface area contributed by atoms with Gasteiger partial charge < -0.3 is 24.8 Å². The topological polar surface area (TPSA) is 113 Å². The molecule has 2 N–H and O–H groups in total. The lowest BCUT2D eigenvalue weighted by atomic mass is 9.99. The molecular formula is C34H36F3N5O4. The summed E-state index contributed by atoms with van der Waals surface area (Å²) in [6.45, 7) is 8.32. The van der Waals surface area contributed by atoms with E-state index < -0.39 is 23.5 Å². The number of carbonyl (C=O) groups is 1. The molecule has 1 saturated heterocycles. The van der Waals surface area contributed by atoms with Gasteiger partial charge in [0, 0.05) is 30.6 Å². The van der Waals surface area contributed by atoms with Crippen LogP contribution >= 0.6 is 0 Å². The Morgan fingerprint density at radius 2 is 1.74 bits per heavy atom. The van der Waals surface area contributed by atoms with Crippen molar-refractivity contribution in [2.45, 2.75) is 58.7 Å². The highest BCUT2D eigenvalue weighted by Gasteiger charge is 2.31. The zero-order valence-electron chi connectivity index (χ0n) is 26.1. The molecule has 0 aliphatic carbocycles. The molecule has 0 saturated carbocycles. The lowest BCUT2D eigenvalue weighted by Gasteiger charge is -2.24. The van der Waals surface area contributed by atoms with Gasteiger partial charge in [0.05, 0.1) is 24.4 Å². The number of likely N-dealkylation sites (tertiary alicyclic amines) is 1. The van der Waals surface area contributed by atoms with Gasteiger partial charge in [-0.15, -0.1) is 0 Å². The van der Waals surface area contributed by atoms with Crippen LogP contribution in [0.3, 0.4) is 0 Å². The summed E-state index contributed by atoms with van der Waals surface area (Å²) in [5.41, 5.74) is 7.95. The minimum atomic E-state index is -2.79. The lowest BCUT2D eigenvalue weighted by molar-refractivity contribution is 0.0275. The van der Waals surface area contributed by atoms with Gasteiger partial charge >= 0.3 is 6.09 Å². The van der Waals surface area contributed by atoms with Gasteiger partial charge in [-0.25, -0.2) is 22.9 Å². The predicted octanol–water partition coefficient (Wildman–Crippen LogP) is 7.18. The molecule has 1 amide bonds. The van der Waals surface area contributed by atoms with Crippen molar-refractivity contribution < 1.29 is 32.2 Å². The Labute approximate surface area is 265 Å². The second kappa shape index (κ2) is 13.6. The fourth-order valence-corrected chi connectivity index (χ4v) is 5.10. The fourth-order valence-electron chi connectivity index (χ4n) is 5.10. The van der Waals surface area contributed by atoms with Crippen LogP contribution in [0.5, 0.6) is 11.6 Å². The zero-order chi connectivity index (χ0) is 33.0. The van der Waals surface area contributed by atoms with Crippen molar-refractivity contribution in [3.8, 4) is 34.0 Å². The van der Waals surface area contributed by atoms with E-state index in [0.717, 1.165) is 5.56 Å². The van der Waals surface area contributed by atoms with Gasteiger partial charge in [-0.05, 0) is 87.4 Å². The number of amides is 1. The molecule has 2 aromatic carbocycles. The van der Waals surface area contributed by atoms with Gasteiger partial charge in [0.1, 0.15) is 29.0 Å². The SMILES string of the molecule is Cc1cc(-c2c(OCCc3ccc(O[C@H]4CCN(C(=O)OC(C)(C)C)C4)cc3)nc(N)nc2-c2ccc(F)cc2)cc(C(F)F)n1. The second-order valence-corrected chi connectivity index (χ2v) is 12.0. The van der Waals surface area contributed by atoms with E-state index in [0.29, 0.717) is 59.8 Å². The smallest absolute Gasteiger partial charge is 0.410 e. The molecule has 12 heteroatoms. The van der Waals surface area contributed by atoms with Crippen LogP contribution < -0.4 is 15.2 Å². The van der Waals surface area contributed by atoms with Crippen LogP contribution in [0.4, 0.5) is 23.9 Å². The summed E-state index contributed by atoms with van der Waals surface area (Å²) in [4.78, 5) is 26.6. The number of nitrogen functional groups attached to an aromatic ring is 1. The van der Waals surface area contributed by atoms with Crippen molar-refractivity contribution in [3.63, 3.8) is 0 Å². The van der Waals surface area contributed by atoms with Crippen LogP contribution in [-0.2, 0) is 11.2 Å². The Morgan fingerprint density at radius 1 is 1.02 bits per heavy atom. The minimum Gasteiger partial charge on any atom is -0.489 e. The van der Waals surface area contributed by atoms with Crippen LogP contribution in [0.1, 0.15) is 50.6 Å². The van der Waals surface area contributed by atoms with Crippen LogP contribution in [0.15, 0.2) is 60.7 Å². The van der Waals surface area contributed by atoms with Crippen molar-refractivity contribution in [1.82, 2.24) is 19.9 Å². The molecule has 46 heavy (non-hydrogen) atoms. The monoisotopic (exact) mass is 635 g/mol. The largest absolute Gasteiger partial charge is 0.489 e. The van der Waals surface area contributed by atoms with E-state index in [1.165, 1.54) is 30.3 Å². The first kappa shape index (κ1) is 32.5. The molecule has 4 aromatic rings. The van der Waals surface area contributed by atoms with Crippen LogP contribution in [0.2, 0.25) is 0 Å². The van der Waals surface area contributed by atoms with E-state index in [1.807, 2.05) is 45.0 Å². The third-order valence-corrected chi connectivity index (χ3v) is 7.15. The highest BCUT2D eigenvalue weighted by molar-refractivity contribution is 5.85. The maximum absolute atomic E-state index is 13.7. The van der Waals surface area contributed by atoms with Crippen LogP contribution in [-0.4, -0.2) is 57.3 Å². The number of aromatic nitrogens is 3. The Balaban J connectivity index is 1.30. The Kier molecular flexibility index (Phi) is 9.64. The van der Waals surface area contributed by atoms with Crippen molar-refractivity contribution in [2.24, 2.45) is 0 Å². The summed E-state index contributed by atoms with van der Waals surface area (Å²) < 4.78 is 58.8. The molecule has 1 fully saturated rings. The number of pyridine rings is 1. The van der Waals surface area contributed by atoms with Crippen LogP contribution in [0, 0.1) is 12.7 Å². The molecule has 242 valence electrons. The van der Waals surface area contributed by atoms with E-state index in [4.69, 9.17) is 19.9 Å².